The third-order valence-electron chi connectivity index (χ3n) is 4.89. The number of aromatic nitrogens is 2. The summed E-state index contributed by atoms with van der Waals surface area (Å²) in [4.78, 5) is 23.2. The minimum Gasteiger partial charge on any atom is -0.459 e. The maximum atomic E-state index is 12.6. The van der Waals surface area contributed by atoms with Gasteiger partial charge in [0.05, 0.1) is 18.7 Å². The zero-order valence-corrected chi connectivity index (χ0v) is 16.9. The molecule has 3 heterocycles. The zero-order chi connectivity index (χ0) is 19.3. The lowest BCUT2D eigenvalue weighted by atomic mass is 9.97. The highest BCUT2D eigenvalue weighted by molar-refractivity contribution is 9.10. The number of carbonyl (C=O) groups is 1. The maximum absolute atomic E-state index is 12.6. The van der Waals surface area contributed by atoms with Crippen molar-refractivity contribution in [2.45, 2.75) is 19.4 Å². The van der Waals surface area contributed by atoms with Crippen molar-refractivity contribution in [1.29, 1.82) is 0 Å². The molecule has 4 rings (SSSR count). The molecule has 28 heavy (non-hydrogen) atoms. The van der Waals surface area contributed by atoms with E-state index in [1.165, 1.54) is 0 Å². The van der Waals surface area contributed by atoms with Crippen LogP contribution in [-0.4, -0.2) is 29.0 Å². The monoisotopic (exact) mass is 440 g/mol. The first-order chi connectivity index (χ1) is 13.7. The minimum absolute atomic E-state index is 0.0511. The molecule has 0 radical (unpaired) electrons. The van der Waals surface area contributed by atoms with Crippen molar-refractivity contribution in [3.05, 3.63) is 65.2 Å². The first-order valence-electron chi connectivity index (χ1n) is 9.32. The van der Waals surface area contributed by atoms with Crippen molar-refractivity contribution in [1.82, 2.24) is 15.3 Å². The van der Waals surface area contributed by atoms with Crippen molar-refractivity contribution in [3.8, 4) is 11.3 Å². The third kappa shape index (κ3) is 4.42. The zero-order valence-electron chi connectivity index (χ0n) is 15.3. The fourth-order valence-corrected chi connectivity index (χ4v) is 3.68. The molecule has 0 spiro atoms. The van der Waals surface area contributed by atoms with Gasteiger partial charge in [-0.2, -0.15) is 0 Å². The van der Waals surface area contributed by atoms with Gasteiger partial charge in [-0.3, -0.25) is 9.78 Å². The van der Waals surface area contributed by atoms with E-state index >= 15 is 0 Å². The molecule has 2 aromatic heterocycles. The lowest BCUT2D eigenvalue weighted by molar-refractivity contribution is -0.125. The summed E-state index contributed by atoms with van der Waals surface area (Å²) in [6.07, 6.45) is 6.92. The number of furan rings is 1. The Balaban J connectivity index is 1.33. The normalized spacial score (nSPS) is 16.8. The summed E-state index contributed by atoms with van der Waals surface area (Å²) < 4.78 is 6.91. The molecule has 0 bridgehead atoms. The second kappa shape index (κ2) is 8.56. The number of anilines is 1. The van der Waals surface area contributed by atoms with E-state index in [0.29, 0.717) is 13.1 Å². The molecular formula is C21H21BrN4O2. The Morgan fingerprint density at radius 3 is 2.86 bits per heavy atom. The summed E-state index contributed by atoms with van der Waals surface area (Å²) in [6, 6.07) is 11.8. The number of hydrogen-bond acceptors (Lipinski definition) is 5. The van der Waals surface area contributed by atoms with Crippen LogP contribution in [0.3, 0.4) is 0 Å². The smallest absolute Gasteiger partial charge is 0.225 e. The molecule has 1 atom stereocenters. The molecule has 144 valence electrons. The number of halogens is 1. The second-order valence-electron chi connectivity index (χ2n) is 6.84. The van der Waals surface area contributed by atoms with E-state index in [-0.39, 0.29) is 11.8 Å². The standard InChI is InChI=1S/C21H21BrN4O2/c22-17-5-3-15(4-6-17)19-8-7-18(28-19)12-25-21(27)16-2-1-11-26(14-16)20-13-23-9-10-24-20/h3-10,13,16H,1-2,11-12,14H2,(H,25,27)/t16-/m0/s1. The number of benzene rings is 1. The molecule has 0 unspecified atom stereocenters. The van der Waals surface area contributed by atoms with Crippen LogP contribution in [0.5, 0.6) is 0 Å². The molecule has 1 aliphatic heterocycles. The summed E-state index contributed by atoms with van der Waals surface area (Å²) in [6.45, 7) is 1.95. The Kier molecular flexibility index (Phi) is 5.71. The van der Waals surface area contributed by atoms with E-state index in [9.17, 15) is 4.79 Å². The van der Waals surface area contributed by atoms with Crippen LogP contribution in [0.2, 0.25) is 0 Å². The first-order valence-corrected chi connectivity index (χ1v) is 10.1. The minimum atomic E-state index is -0.0586. The molecule has 0 saturated carbocycles. The molecular weight excluding hydrogens is 420 g/mol. The van der Waals surface area contributed by atoms with E-state index in [4.69, 9.17) is 4.42 Å². The van der Waals surface area contributed by atoms with Crippen LogP contribution in [0.15, 0.2) is 63.9 Å². The van der Waals surface area contributed by atoms with Crippen molar-refractivity contribution in [2.75, 3.05) is 18.0 Å². The van der Waals surface area contributed by atoms with E-state index in [1.807, 2.05) is 36.4 Å². The Morgan fingerprint density at radius 2 is 2.07 bits per heavy atom. The predicted molar refractivity (Wildman–Crippen MR) is 111 cm³/mol. The summed E-state index contributed by atoms with van der Waals surface area (Å²) in [5, 5.41) is 3.01. The summed E-state index contributed by atoms with van der Waals surface area (Å²) in [5.74, 6) is 2.35. The Labute approximate surface area is 172 Å². The molecule has 1 aliphatic rings. The Morgan fingerprint density at radius 1 is 1.21 bits per heavy atom. The summed E-state index contributed by atoms with van der Waals surface area (Å²) >= 11 is 3.43. The largest absolute Gasteiger partial charge is 0.459 e. The highest BCUT2D eigenvalue weighted by Gasteiger charge is 2.26. The van der Waals surface area contributed by atoms with Gasteiger partial charge in [-0.25, -0.2) is 4.98 Å². The van der Waals surface area contributed by atoms with Crippen LogP contribution in [0.25, 0.3) is 11.3 Å². The number of rotatable bonds is 5. The van der Waals surface area contributed by atoms with Crippen molar-refractivity contribution >= 4 is 27.7 Å². The fraction of sp³-hybridized carbons (Fsp3) is 0.286. The van der Waals surface area contributed by atoms with Crippen LogP contribution in [0.4, 0.5) is 5.82 Å². The van der Waals surface area contributed by atoms with E-state index in [2.05, 4.69) is 36.1 Å². The Bertz CT molecular complexity index is 927. The van der Waals surface area contributed by atoms with E-state index < -0.39 is 0 Å². The number of piperidine rings is 1. The number of nitrogens with zero attached hydrogens (tertiary/aromatic N) is 3. The third-order valence-corrected chi connectivity index (χ3v) is 5.42. The second-order valence-corrected chi connectivity index (χ2v) is 7.76. The quantitative estimate of drug-likeness (QED) is 0.648. The van der Waals surface area contributed by atoms with Gasteiger partial charge in [0.2, 0.25) is 5.91 Å². The molecule has 1 saturated heterocycles. The average molecular weight is 441 g/mol. The number of hydrogen-bond donors (Lipinski definition) is 1. The summed E-state index contributed by atoms with van der Waals surface area (Å²) in [7, 11) is 0. The molecule has 1 amide bonds. The van der Waals surface area contributed by atoms with Crippen molar-refractivity contribution in [3.63, 3.8) is 0 Å². The number of carbonyl (C=O) groups excluding carboxylic acids is 1. The molecule has 7 heteroatoms. The van der Waals surface area contributed by atoms with Gasteiger partial charge in [-0.1, -0.05) is 28.1 Å². The van der Waals surface area contributed by atoms with Crippen molar-refractivity contribution < 1.29 is 9.21 Å². The highest BCUT2D eigenvalue weighted by atomic mass is 79.9. The van der Waals surface area contributed by atoms with Crippen LogP contribution in [0.1, 0.15) is 18.6 Å². The van der Waals surface area contributed by atoms with Gasteiger partial charge in [0.25, 0.3) is 0 Å². The lowest BCUT2D eigenvalue weighted by Crippen LogP contribution is -2.43. The van der Waals surface area contributed by atoms with Crippen LogP contribution in [-0.2, 0) is 11.3 Å². The van der Waals surface area contributed by atoms with Gasteiger partial charge in [0, 0.05) is 35.5 Å². The van der Waals surface area contributed by atoms with Gasteiger partial charge < -0.3 is 14.6 Å². The predicted octanol–water partition coefficient (Wildman–Crippen LogP) is 4.03. The molecule has 3 aromatic rings. The molecule has 1 N–H and O–H groups in total. The number of nitrogens with one attached hydrogen (secondary N) is 1. The van der Waals surface area contributed by atoms with Gasteiger partial charge in [-0.15, -0.1) is 0 Å². The topological polar surface area (TPSA) is 71.3 Å². The van der Waals surface area contributed by atoms with Gasteiger partial charge in [0.15, 0.2) is 0 Å². The first kappa shape index (κ1) is 18.7. The van der Waals surface area contributed by atoms with E-state index in [0.717, 1.165) is 46.8 Å². The average Bonchev–Trinajstić information content (AvgIpc) is 3.22. The van der Waals surface area contributed by atoms with Gasteiger partial charge in [0.1, 0.15) is 17.3 Å². The fourth-order valence-electron chi connectivity index (χ4n) is 3.41. The van der Waals surface area contributed by atoms with Gasteiger partial charge in [-0.05, 0) is 37.1 Å². The molecule has 0 aliphatic carbocycles. The highest BCUT2D eigenvalue weighted by Crippen LogP contribution is 2.24. The van der Waals surface area contributed by atoms with E-state index in [1.54, 1.807) is 18.6 Å². The molecule has 1 aromatic carbocycles. The Hall–Kier alpha value is -2.67. The number of amides is 1. The maximum Gasteiger partial charge on any atom is 0.225 e. The van der Waals surface area contributed by atoms with Crippen LogP contribution in [0, 0.1) is 5.92 Å². The molecule has 6 nitrogen and oxygen atoms in total. The molecule has 1 fully saturated rings. The lowest BCUT2D eigenvalue weighted by Gasteiger charge is -2.32. The summed E-state index contributed by atoms with van der Waals surface area (Å²) in [5.41, 5.74) is 1.01. The van der Waals surface area contributed by atoms with Crippen LogP contribution >= 0.6 is 15.9 Å². The van der Waals surface area contributed by atoms with Gasteiger partial charge >= 0.3 is 0 Å². The van der Waals surface area contributed by atoms with Crippen LogP contribution < -0.4 is 10.2 Å². The van der Waals surface area contributed by atoms with Crippen molar-refractivity contribution in [2.24, 2.45) is 5.92 Å². The SMILES string of the molecule is O=C(NCc1ccc(-c2ccc(Br)cc2)o1)[C@H]1CCCN(c2cnccn2)C1.